The van der Waals surface area contributed by atoms with E-state index in [-0.39, 0.29) is 11.3 Å². The zero-order chi connectivity index (χ0) is 14.7. The van der Waals surface area contributed by atoms with Gasteiger partial charge in [-0.3, -0.25) is 9.69 Å². The van der Waals surface area contributed by atoms with E-state index >= 15 is 0 Å². The van der Waals surface area contributed by atoms with Gasteiger partial charge in [0.05, 0.1) is 6.54 Å². The maximum absolute atomic E-state index is 12.2. The lowest BCUT2D eigenvalue weighted by molar-refractivity contribution is -0.122. The minimum absolute atomic E-state index is 0.186. The summed E-state index contributed by atoms with van der Waals surface area (Å²) < 4.78 is 0. The highest BCUT2D eigenvalue weighted by atomic mass is 16.2. The highest BCUT2D eigenvalue weighted by molar-refractivity contribution is 5.78. The number of carbonyl (C=O) groups is 1. The molecule has 114 valence electrons. The number of likely N-dealkylation sites (tertiary alicyclic amines) is 1. The molecule has 1 aliphatic carbocycles. The first-order valence-corrected chi connectivity index (χ1v) is 8.23. The van der Waals surface area contributed by atoms with Gasteiger partial charge < -0.3 is 5.32 Å². The summed E-state index contributed by atoms with van der Waals surface area (Å²) >= 11 is 0. The SMILES string of the molecule is CC1CCCN(CC(=O)NCC2(c3ccccc3)CC2)C1. The van der Waals surface area contributed by atoms with Gasteiger partial charge in [-0.1, -0.05) is 37.3 Å². The Kier molecular flexibility index (Phi) is 4.29. The smallest absolute Gasteiger partial charge is 0.234 e. The van der Waals surface area contributed by atoms with Crippen LogP contribution in [0, 0.1) is 5.92 Å². The lowest BCUT2D eigenvalue weighted by Crippen LogP contribution is -2.43. The Hall–Kier alpha value is -1.35. The number of hydrogen-bond acceptors (Lipinski definition) is 2. The topological polar surface area (TPSA) is 32.3 Å². The Balaban J connectivity index is 1.48. The minimum Gasteiger partial charge on any atom is -0.354 e. The third-order valence-electron chi connectivity index (χ3n) is 4.97. The number of piperidine rings is 1. The molecule has 1 heterocycles. The predicted octanol–water partition coefficient (Wildman–Crippen LogP) is 2.57. The molecule has 1 amide bonds. The standard InChI is InChI=1S/C18H26N2O/c1-15-6-5-11-20(12-15)13-17(21)19-14-18(9-10-18)16-7-3-2-4-8-16/h2-4,7-8,15H,5-6,9-14H2,1H3,(H,19,21). The number of nitrogens with zero attached hydrogens (tertiary/aromatic N) is 1. The summed E-state index contributed by atoms with van der Waals surface area (Å²) in [5.41, 5.74) is 1.59. The van der Waals surface area contributed by atoms with Crippen molar-refractivity contribution in [2.24, 2.45) is 5.92 Å². The molecule has 0 radical (unpaired) electrons. The lowest BCUT2D eigenvalue weighted by Gasteiger charge is -2.30. The molecule has 1 saturated heterocycles. The highest BCUT2D eigenvalue weighted by Crippen LogP contribution is 2.47. The predicted molar refractivity (Wildman–Crippen MR) is 85.2 cm³/mol. The molecule has 3 heteroatoms. The number of benzene rings is 1. The Morgan fingerprint density at radius 1 is 1.33 bits per heavy atom. The number of carbonyl (C=O) groups excluding carboxylic acids is 1. The minimum atomic E-state index is 0.186. The number of amides is 1. The van der Waals surface area contributed by atoms with E-state index in [0.717, 1.165) is 25.6 Å². The summed E-state index contributed by atoms with van der Waals surface area (Å²) in [6, 6.07) is 10.6. The van der Waals surface area contributed by atoms with Crippen LogP contribution in [-0.2, 0) is 10.2 Å². The van der Waals surface area contributed by atoms with Crippen LogP contribution in [0.5, 0.6) is 0 Å². The van der Waals surface area contributed by atoms with E-state index in [2.05, 4.69) is 47.5 Å². The molecule has 2 fully saturated rings. The molecule has 21 heavy (non-hydrogen) atoms. The fraction of sp³-hybridized carbons (Fsp3) is 0.611. The van der Waals surface area contributed by atoms with Crippen molar-refractivity contribution >= 4 is 5.91 Å². The first-order chi connectivity index (χ1) is 10.2. The van der Waals surface area contributed by atoms with Crippen molar-refractivity contribution in [1.82, 2.24) is 10.2 Å². The molecular weight excluding hydrogens is 260 g/mol. The Morgan fingerprint density at radius 3 is 2.76 bits per heavy atom. The zero-order valence-electron chi connectivity index (χ0n) is 13.0. The molecule has 2 aliphatic rings. The molecule has 3 nitrogen and oxygen atoms in total. The van der Waals surface area contributed by atoms with Gasteiger partial charge in [-0.25, -0.2) is 0 Å². The molecule has 0 spiro atoms. The van der Waals surface area contributed by atoms with Crippen molar-refractivity contribution in [1.29, 1.82) is 0 Å². The van der Waals surface area contributed by atoms with Crippen molar-refractivity contribution in [2.45, 2.75) is 38.0 Å². The zero-order valence-corrected chi connectivity index (χ0v) is 13.0. The van der Waals surface area contributed by atoms with Gasteiger partial charge in [0.25, 0.3) is 0 Å². The van der Waals surface area contributed by atoms with E-state index in [1.54, 1.807) is 0 Å². The quantitative estimate of drug-likeness (QED) is 0.902. The number of hydrogen-bond donors (Lipinski definition) is 1. The molecular formula is C18H26N2O. The van der Waals surface area contributed by atoms with Crippen LogP contribution in [0.3, 0.4) is 0 Å². The number of rotatable bonds is 5. The fourth-order valence-electron chi connectivity index (χ4n) is 3.47. The van der Waals surface area contributed by atoms with Gasteiger partial charge in [-0.05, 0) is 43.7 Å². The fourth-order valence-corrected chi connectivity index (χ4v) is 3.47. The van der Waals surface area contributed by atoms with Gasteiger partial charge in [0.15, 0.2) is 0 Å². The van der Waals surface area contributed by atoms with E-state index < -0.39 is 0 Å². The third kappa shape index (κ3) is 3.65. The van der Waals surface area contributed by atoms with Crippen molar-refractivity contribution in [2.75, 3.05) is 26.2 Å². The van der Waals surface area contributed by atoms with E-state index in [1.165, 1.54) is 31.2 Å². The monoisotopic (exact) mass is 286 g/mol. The van der Waals surface area contributed by atoms with Crippen molar-refractivity contribution in [3.05, 3.63) is 35.9 Å². The van der Waals surface area contributed by atoms with Crippen LogP contribution in [0.15, 0.2) is 30.3 Å². The second-order valence-electron chi connectivity index (χ2n) is 6.91. The molecule has 1 atom stereocenters. The Morgan fingerprint density at radius 2 is 2.10 bits per heavy atom. The Bertz CT molecular complexity index is 481. The van der Waals surface area contributed by atoms with Crippen LogP contribution in [0.4, 0.5) is 0 Å². The normalized spacial score (nSPS) is 24.5. The summed E-state index contributed by atoms with van der Waals surface area (Å²) in [6.07, 6.45) is 4.91. The van der Waals surface area contributed by atoms with Crippen LogP contribution in [-0.4, -0.2) is 37.0 Å². The summed E-state index contributed by atoms with van der Waals surface area (Å²) in [5, 5.41) is 3.17. The van der Waals surface area contributed by atoms with E-state index in [1.807, 2.05) is 0 Å². The molecule has 1 unspecified atom stereocenters. The van der Waals surface area contributed by atoms with Crippen LogP contribution in [0.2, 0.25) is 0 Å². The van der Waals surface area contributed by atoms with Crippen LogP contribution < -0.4 is 5.32 Å². The molecule has 0 aromatic heterocycles. The highest BCUT2D eigenvalue weighted by Gasteiger charge is 2.44. The number of nitrogens with one attached hydrogen (secondary N) is 1. The third-order valence-corrected chi connectivity index (χ3v) is 4.97. The summed E-state index contributed by atoms with van der Waals surface area (Å²) in [7, 11) is 0. The second-order valence-corrected chi connectivity index (χ2v) is 6.91. The van der Waals surface area contributed by atoms with Gasteiger partial charge in [-0.15, -0.1) is 0 Å². The van der Waals surface area contributed by atoms with E-state index in [0.29, 0.717) is 6.54 Å². The first kappa shape index (κ1) is 14.6. The summed E-state index contributed by atoms with van der Waals surface area (Å²) in [5.74, 6) is 0.914. The van der Waals surface area contributed by atoms with Gasteiger partial charge in [-0.2, -0.15) is 0 Å². The molecule has 1 N–H and O–H groups in total. The maximum Gasteiger partial charge on any atom is 0.234 e. The van der Waals surface area contributed by atoms with Crippen LogP contribution >= 0.6 is 0 Å². The molecule has 1 aromatic rings. The molecule has 0 bridgehead atoms. The van der Waals surface area contributed by atoms with Crippen molar-refractivity contribution in [3.8, 4) is 0 Å². The first-order valence-electron chi connectivity index (χ1n) is 8.23. The molecule has 1 aliphatic heterocycles. The van der Waals surface area contributed by atoms with E-state index in [9.17, 15) is 4.79 Å². The van der Waals surface area contributed by atoms with Crippen molar-refractivity contribution in [3.63, 3.8) is 0 Å². The van der Waals surface area contributed by atoms with Gasteiger partial charge >= 0.3 is 0 Å². The molecule has 1 saturated carbocycles. The van der Waals surface area contributed by atoms with Gasteiger partial charge in [0.2, 0.25) is 5.91 Å². The van der Waals surface area contributed by atoms with Crippen molar-refractivity contribution < 1.29 is 4.79 Å². The van der Waals surface area contributed by atoms with E-state index in [4.69, 9.17) is 0 Å². The summed E-state index contributed by atoms with van der Waals surface area (Å²) in [6.45, 7) is 5.77. The molecule has 1 aromatic carbocycles. The average molecular weight is 286 g/mol. The Labute approximate surface area is 127 Å². The lowest BCUT2D eigenvalue weighted by atomic mass is 9.96. The largest absolute Gasteiger partial charge is 0.354 e. The second kappa shape index (κ2) is 6.18. The average Bonchev–Trinajstić information content (AvgIpc) is 3.27. The maximum atomic E-state index is 12.2. The van der Waals surface area contributed by atoms with Gasteiger partial charge in [0.1, 0.15) is 0 Å². The molecule has 3 rings (SSSR count). The summed E-state index contributed by atoms with van der Waals surface area (Å²) in [4.78, 5) is 14.5. The van der Waals surface area contributed by atoms with Crippen LogP contribution in [0.25, 0.3) is 0 Å². The van der Waals surface area contributed by atoms with Gasteiger partial charge in [0, 0.05) is 18.5 Å². The van der Waals surface area contributed by atoms with Crippen LogP contribution in [0.1, 0.15) is 38.2 Å².